The Hall–Kier alpha value is -4.69. The number of hydrogen-bond donors (Lipinski definition) is 0. The topological polar surface area (TPSA) is 104 Å². The first-order chi connectivity index (χ1) is 17.5. The lowest BCUT2D eigenvalue weighted by Crippen LogP contribution is -2.23. The van der Waals surface area contributed by atoms with Gasteiger partial charge in [0.1, 0.15) is 0 Å². The molecule has 0 unspecified atom stereocenters. The lowest BCUT2D eigenvalue weighted by atomic mass is 9.84. The van der Waals surface area contributed by atoms with E-state index in [0.717, 1.165) is 0 Å². The summed E-state index contributed by atoms with van der Waals surface area (Å²) in [5.41, 5.74) is 1.22. The Morgan fingerprint density at radius 3 is 1.14 bits per heavy atom. The third-order valence-electron chi connectivity index (χ3n) is 6.14. The van der Waals surface area contributed by atoms with Crippen molar-refractivity contribution in [3.05, 3.63) is 129 Å². The van der Waals surface area contributed by atoms with Crippen molar-refractivity contribution in [2.75, 3.05) is 0 Å². The fraction of sp³-hybridized carbons (Fsp3) is 0. The third kappa shape index (κ3) is 3.23. The predicted octanol–water partition coefficient (Wildman–Crippen LogP) is 4.27. The zero-order valence-electron chi connectivity index (χ0n) is 18.3. The second kappa shape index (κ2) is 8.21. The molecule has 0 aromatic heterocycles. The number of carbonyl (C=O) groups is 4. The van der Waals surface area contributed by atoms with Crippen LogP contribution in [0.5, 0.6) is 11.5 Å². The van der Waals surface area contributed by atoms with Gasteiger partial charge in [0.25, 0.3) is 0 Å². The molecule has 0 aliphatic heterocycles. The maximum atomic E-state index is 13.1. The SMILES string of the molecule is O=C1c2ccccc2C(=O)c2c(OS(=O)Oc3cccc4c3C(=O)c3ccccc3C4=O)cccc21. The molecule has 0 saturated carbocycles. The van der Waals surface area contributed by atoms with Crippen molar-refractivity contribution in [2.24, 2.45) is 0 Å². The maximum Gasteiger partial charge on any atom is 0.417 e. The highest BCUT2D eigenvalue weighted by atomic mass is 32.2. The predicted molar refractivity (Wildman–Crippen MR) is 129 cm³/mol. The monoisotopic (exact) mass is 494 g/mol. The molecule has 0 radical (unpaired) electrons. The molecular formula is C28H14O7S. The van der Waals surface area contributed by atoms with Crippen LogP contribution >= 0.6 is 0 Å². The summed E-state index contributed by atoms with van der Waals surface area (Å²) in [6.45, 7) is 0. The summed E-state index contributed by atoms with van der Waals surface area (Å²) in [5.74, 6) is -1.79. The van der Waals surface area contributed by atoms with Gasteiger partial charge in [-0.2, -0.15) is 4.21 Å². The van der Waals surface area contributed by atoms with Crippen LogP contribution in [0, 0.1) is 0 Å². The molecule has 0 saturated heterocycles. The molecule has 0 N–H and O–H groups in total. The third-order valence-corrected chi connectivity index (χ3v) is 6.78. The number of ketones is 4. The standard InChI is InChI=1S/C28H14O7S/c29-25-15-7-1-3-9-17(15)27(31)23-19(25)11-5-13-21(23)34-36(33)35-22-14-6-12-20-24(22)28(32)18-10-4-2-8-16(18)26(20)30/h1-14H. The molecule has 2 aliphatic carbocycles. The molecule has 0 bridgehead atoms. The van der Waals surface area contributed by atoms with Crippen LogP contribution in [0.1, 0.15) is 63.7 Å². The number of carbonyl (C=O) groups excluding carboxylic acids is 4. The maximum absolute atomic E-state index is 13.1. The lowest BCUT2D eigenvalue weighted by molar-refractivity contribution is 0.0977. The van der Waals surface area contributed by atoms with Crippen molar-refractivity contribution < 1.29 is 31.8 Å². The van der Waals surface area contributed by atoms with Gasteiger partial charge < -0.3 is 8.37 Å². The van der Waals surface area contributed by atoms with Crippen LogP contribution in [0.25, 0.3) is 0 Å². The van der Waals surface area contributed by atoms with Crippen LogP contribution in [0.15, 0.2) is 84.9 Å². The fourth-order valence-corrected chi connectivity index (χ4v) is 5.13. The molecule has 4 aromatic rings. The lowest BCUT2D eigenvalue weighted by Gasteiger charge is -2.20. The molecule has 8 heteroatoms. The Morgan fingerprint density at radius 2 is 0.750 bits per heavy atom. The van der Waals surface area contributed by atoms with Crippen molar-refractivity contribution in [3.8, 4) is 11.5 Å². The average Bonchev–Trinajstić information content (AvgIpc) is 2.90. The fourth-order valence-electron chi connectivity index (χ4n) is 4.53. The summed E-state index contributed by atoms with van der Waals surface area (Å²) in [7, 11) is 0. The molecule has 0 heterocycles. The molecule has 0 atom stereocenters. The molecule has 0 amide bonds. The minimum atomic E-state index is -2.51. The van der Waals surface area contributed by atoms with E-state index >= 15 is 0 Å². The van der Waals surface area contributed by atoms with Crippen LogP contribution in [0.2, 0.25) is 0 Å². The van der Waals surface area contributed by atoms with E-state index in [4.69, 9.17) is 8.37 Å². The Labute approximate surface area is 207 Å². The summed E-state index contributed by atoms with van der Waals surface area (Å²) in [5, 5.41) is 0. The van der Waals surface area contributed by atoms with Crippen LogP contribution < -0.4 is 8.37 Å². The normalized spacial score (nSPS) is 13.6. The molecule has 6 rings (SSSR count). The van der Waals surface area contributed by atoms with Crippen molar-refractivity contribution in [1.82, 2.24) is 0 Å². The largest absolute Gasteiger partial charge is 0.417 e. The second-order valence-electron chi connectivity index (χ2n) is 8.14. The molecule has 2 aliphatic rings. The van der Waals surface area contributed by atoms with Gasteiger partial charge in [-0.1, -0.05) is 72.8 Å². The molecule has 174 valence electrons. The molecule has 0 spiro atoms. The average molecular weight is 494 g/mol. The van der Waals surface area contributed by atoms with Gasteiger partial charge in [-0.05, 0) is 12.1 Å². The highest BCUT2D eigenvalue weighted by Gasteiger charge is 2.34. The van der Waals surface area contributed by atoms with E-state index in [-0.39, 0.29) is 67.6 Å². The summed E-state index contributed by atoms with van der Waals surface area (Å²) in [6, 6.07) is 21.7. The smallest absolute Gasteiger partial charge is 0.370 e. The van der Waals surface area contributed by atoms with Crippen LogP contribution in [0.4, 0.5) is 0 Å². The van der Waals surface area contributed by atoms with Crippen LogP contribution in [0.3, 0.4) is 0 Å². The van der Waals surface area contributed by atoms with Crippen molar-refractivity contribution >= 4 is 34.5 Å². The van der Waals surface area contributed by atoms with Gasteiger partial charge in [0.05, 0.1) is 11.1 Å². The number of hydrogen-bond acceptors (Lipinski definition) is 7. The Morgan fingerprint density at radius 1 is 0.417 bits per heavy atom. The highest BCUT2D eigenvalue weighted by Crippen LogP contribution is 2.36. The van der Waals surface area contributed by atoms with Crippen molar-refractivity contribution in [1.29, 1.82) is 0 Å². The van der Waals surface area contributed by atoms with E-state index in [1.165, 1.54) is 36.4 Å². The minimum Gasteiger partial charge on any atom is -0.370 e. The van der Waals surface area contributed by atoms with Crippen LogP contribution in [-0.2, 0) is 11.4 Å². The zero-order chi connectivity index (χ0) is 25.0. The van der Waals surface area contributed by atoms with E-state index in [1.54, 1.807) is 48.5 Å². The first kappa shape index (κ1) is 21.8. The molecule has 7 nitrogen and oxygen atoms in total. The molecule has 4 aromatic carbocycles. The Bertz CT molecular complexity index is 1560. The Kier molecular flexibility index (Phi) is 4.98. The number of rotatable bonds is 4. The minimum absolute atomic E-state index is 0.0200. The summed E-state index contributed by atoms with van der Waals surface area (Å²) in [4.78, 5) is 52.1. The van der Waals surface area contributed by atoms with Gasteiger partial charge in [-0.25, -0.2) is 0 Å². The first-order valence-corrected chi connectivity index (χ1v) is 11.9. The van der Waals surface area contributed by atoms with E-state index in [0.29, 0.717) is 0 Å². The molecule has 0 fully saturated rings. The van der Waals surface area contributed by atoms with E-state index in [2.05, 4.69) is 0 Å². The van der Waals surface area contributed by atoms with Gasteiger partial charge in [0.15, 0.2) is 34.6 Å². The second-order valence-corrected chi connectivity index (χ2v) is 8.88. The number of benzene rings is 4. The summed E-state index contributed by atoms with van der Waals surface area (Å²) >= 11 is -2.51. The first-order valence-electron chi connectivity index (χ1n) is 10.9. The summed E-state index contributed by atoms with van der Waals surface area (Å²) < 4.78 is 23.8. The van der Waals surface area contributed by atoms with E-state index in [1.807, 2.05) is 0 Å². The van der Waals surface area contributed by atoms with Crippen molar-refractivity contribution in [2.45, 2.75) is 0 Å². The summed E-state index contributed by atoms with van der Waals surface area (Å²) in [6.07, 6.45) is 0. The van der Waals surface area contributed by atoms with Gasteiger partial charge in [0, 0.05) is 33.4 Å². The number of fused-ring (bicyclic) bond motifs is 4. The van der Waals surface area contributed by atoms with Gasteiger partial charge in [-0.15, -0.1) is 0 Å². The van der Waals surface area contributed by atoms with Crippen molar-refractivity contribution in [3.63, 3.8) is 0 Å². The van der Waals surface area contributed by atoms with E-state index < -0.39 is 22.9 Å². The highest BCUT2D eigenvalue weighted by molar-refractivity contribution is 7.76. The Balaban J connectivity index is 1.34. The quantitative estimate of drug-likeness (QED) is 0.360. The van der Waals surface area contributed by atoms with Crippen LogP contribution in [-0.4, -0.2) is 27.3 Å². The van der Waals surface area contributed by atoms with Gasteiger partial charge in [-0.3, -0.25) is 19.2 Å². The van der Waals surface area contributed by atoms with Gasteiger partial charge >= 0.3 is 11.4 Å². The zero-order valence-corrected chi connectivity index (χ0v) is 19.2. The molecular weight excluding hydrogens is 480 g/mol. The van der Waals surface area contributed by atoms with Gasteiger partial charge in [0.2, 0.25) is 0 Å². The van der Waals surface area contributed by atoms with E-state index in [9.17, 15) is 23.4 Å². The molecule has 36 heavy (non-hydrogen) atoms.